The highest BCUT2D eigenvalue weighted by atomic mass is 32.1. The molecule has 0 fully saturated rings. The number of benzene rings is 3. The zero-order valence-electron chi connectivity index (χ0n) is 21.1. The SMILES string of the molecule is COc1ccc(C=c2sc3n(c2=O)C(N)=C(C#N)C(c2ccc(OC)cc2)C=3c2nc3ccccc3[nH]2)cc1. The van der Waals surface area contributed by atoms with Gasteiger partial charge in [-0.25, -0.2) is 4.98 Å². The predicted molar refractivity (Wildman–Crippen MR) is 152 cm³/mol. The average molecular weight is 534 g/mol. The van der Waals surface area contributed by atoms with Gasteiger partial charge in [0, 0.05) is 5.57 Å². The van der Waals surface area contributed by atoms with Crippen LogP contribution in [0.5, 0.6) is 11.5 Å². The van der Waals surface area contributed by atoms with Crippen LogP contribution in [0.4, 0.5) is 0 Å². The first-order chi connectivity index (χ1) is 19.0. The number of H-pyrrole nitrogens is 1. The molecule has 1 aliphatic heterocycles. The quantitative estimate of drug-likeness (QED) is 0.358. The molecule has 192 valence electrons. The highest BCUT2D eigenvalue weighted by Crippen LogP contribution is 2.39. The number of hydrogen-bond donors (Lipinski definition) is 2. The van der Waals surface area contributed by atoms with Crippen LogP contribution in [0.3, 0.4) is 0 Å². The average Bonchev–Trinajstić information content (AvgIpc) is 3.54. The van der Waals surface area contributed by atoms with Crippen molar-refractivity contribution in [3.05, 3.63) is 115 Å². The summed E-state index contributed by atoms with van der Waals surface area (Å²) in [5, 5.41) is 10.3. The Morgan fingerprint density at radius 3 is 2.33 bits per heavy atom. The minimum atomic E-state index is -0.548. The van der Waals surface area contributed by atoms with Crippen molar-refractivity contribution < 1.29 is 9.47 Å². The first-order valence-electron chi connectivity index (χ1n) is 12.1. The summed E-state index contributed by atoms with van der Waals surface area (Å²) in [5.74, 6) is 1.56. The van der Waals surface area contributed by atoms with Gasteiger partial charge in [0.05, 0.1) is 47.3 Å². The second-order valence-corrected chi connectivity index (χ2v) is 9.99. The van der Waals surface area contributed by atoms with Crippen LogP contribution in [0.15, 0.2) is 83.2 Å². The number of nitrogens with zero attached hydrogens (tertiary/aromatic N) is 3. The minimum Gasteiger partial charge on any atom is -0.497 e. The van der Waals surface area contributed by atoms with Crippen LogP contribution >= 0.6 is 11.3 Å². The standard InChI is InChI=1S/C30H23N5O3S/c1-37-19-11-7-17(8-12-19)15-24-29(36)35-27(32)21(16-31)25(18-9-13-20(38-2)14-10-18)26(30(35)39-24)28-33-22-5-3-4-6-23(22)34-28/h3-15,25H,32H2,1-2H3,(H,33,34). The van der Waals surface area contributed by atoms with Crippen LogP contribution in [0.2, 0.25) is 0 Å². The number of fused-ring (bicyclic) bond motifs is 2. The van der Waals surface area contributed by atoms with Crippen LogP contribution < -0.4 is 30.0 Å². The highest BCUT2D eigenvalue weighted by Gasteiger charge is 2.34. The lowest BCUT2D eigenvalue weighted by atomic mass is 9.83. The number of nitrogens with one attached hydrogen (secondary N) is 1. The molecule has 1 unspecified atom stereocenters. The molecule has 3 heterocycles. The first-order valence-corrected chi connectivity index (χ1v) is 12.9. The molecule has 1 aliphatic rings. The minimum absolute atomic E-state index is 0.115. The first kappa shape index (κ1) is 24.3. The van der Waals surface area contributed by atoms with E-state index in [2.05, 4.69) is 11.1 Å². The van der Waals surface area contributed by atoms with Gasteiger partial charge in [-0.3, -0.25) is 9.36 Å². The van der Waals surface area contributed by atoms with Crippen LogP contribution in [0, 0.1) is 11.3 Å². The molecule has 3 N–H and O–H groups in total. The number of nitrogens with two attached hydrogens (primary N) is 1. The molecule has 5 aromatic rings. The summed E-state index contributed by atoms with van der Waals surface area (Å²) in [5.41, 5.74) is 10.6. The number of rotatable bonds is 5. The van der Waals surface area contributed by atoms with E-state index in [0.29, 0.717) is 26.3 Å². The molecule has 0 radical (unpaired) electrons. The zero-order valence-corrected chi connectivity index (χ0v) is 22.0. The normalized spacial score (nSPS) is 15.4. The van der Waals surface area contributed by atoms with Crippen molar-refractivity contribution in [1.29, 1.82) is 5.26 Å². The molecule has 6 rings (SSSR count). The Kier molecular flexibility index (Phi) is 6.02. The highest BCUT2D eigenvalue weighted by molar-refractivity contribution is 7.07. The van der Waals surface area contributed by atoms with Gasteiger partial charge >= 0.3 is 0 Å². The Labute approximate surface area is 227 Å². The molecule has 0 aliphatic carbocycles. The number of nitriles is 1. The fraction of sp³-hybridized carbons (Fsp3) is 0.100. The molecule has 2 aromatic heterocycles. The van der Waals surface area contributed by atoms with Crippen LogP contribution in [-0.4, -0.2) is 28.8 Å². The van der Waals surface area contributed by atoms with Crippen molar-refractivity contribution in [2.45, 2.75) is 5.92 Å². The Bertz CT molecular complexity index is 1940. The second-order valence-electron chi connectivity index (χ2n) is 8.96. The van der Waals surface area contributed by atoms with Gasteiger partial charge in [0.2, 0.25) is 0 Å². The van der Waals surface area contributed by atoms with E-state index >= 15 is 0 Å². The number of imidazole rings is 1. The molecule has 0 bridgehead atoms. The maximum Gasteiger partial charge on any atom is 0.274 e. The van der Waals surface area contributed by atoms with Gasteiger partial charge in [0.1, 0.15) is 27.8 Å². The topological polar surface area (TPSA) is 119 Å². The molecule has 0 saturated carbocycles. The maximum atomic E-state index is 13.7. The fourth-order valence-electron chi connectivity index (χ4n) is 4.84. The van der Waals surface area contributed by atoms with E-state index < -0.39 is 5.92 Å². The van der Waals surface area contributed by atoms with Gasteiger partial charge in [-0.1, -0.05) is 36.4 Å². The summed E-state index contributed by atoms with van der Waals surface area (Å²) in [7, 11) is 3.21. The number of ether oxygens (including phenoxy) is 2. The number of allylic oxidation sites excluding steroid dienone is 1. The molecule has 9 heteroatoms. The number of para-hydroxylation sites is 2. The van der Waals surface area contributed by atoms with Gasteiger partial charge in [0.25, 0.3) is 5.56 Å². The van der Waals surface area contributed by atoms with E-state index in [0.717, 1.165) is 27.9 Å². The second kappa shape index (κ2) is 9.67. The van der Waals surface area contributed by atoms with E-state index in [9.17, 15) is 10.1 Å². The third kappa shape index (κ3) is 4.07. The summed E-state index contributed by atoms with van der Waals surface area (Å²) in [6.07, 6.45) is 1.82. The van der Waals surface area contributed by atoms with Crippen LogP contribution in [0.1, 0.15) is 22.9 Å². The number of methoxy groups -OCH3 is 2. The lowest BCUT2D eigenvalue weighted by Gasteiger charge is -2.25. The Hall–Kier alpha value is -5.07. The molecule has 1 atom stereocenters. The van der Waals surface area contributed by atoms with Crippen molar-refractivity contribution in [2.24, 2.45) is 5.73 Å². The summed E-state index contributed by atoms with van der Waals surface area (Å²) < 4.78 is 13.1. The van der Waals surface area contributed by atoms with E-state index in [1.54, 1.807) is 14.2 Å². The van der Waals surface area contributed by atoms with Crippen molar-refractivity contribution in [3.63, 3.8) is 0 Å². The molecule has 8 nitrogen and oxygen atoms in total. The summed E-state index contributed by atoms with van der Waals surface area (Å²) in [6, 6.07) is 24.9. The van der Waals surface area contributed by atoms with Crippen molar-refractivity contribution in [2.75, 3.05) is 14.2 Å². The number of hydrogen-bond acceptors (Lipinski definition) is 7. The number of aromatic nitrogens is 3. The third-order valence-corrected chi connectivity index (χ3v) is 7.88. The van der Waals surface area contributed by atoms with Crippen LogP contribution in [0.25, 0.3) is 28.5 Å². The number of thiazole rings is 1. The third-order valence-electron chi connectivity index (χ3n) is 6.78. The molecular formula is C30H23N5O3S. The Morgan fingerprint density at radius 2 is 1.69 bits per heavy atom. The summed E-state index contributed by atoms with van der Waals surface area (Å²) in [4.78, 5) is 22.0. The lowest BCUT2D eigenvalue weighted by Crippen LogP contribution is -2.38. The monoisotopic (exact) mass is 533 g/mol. The zero-order chi connectivity index (χ0) is 27.1. The van der Waals surface area contributed by atoms with Gasteiger partial charge in [-0.15, -0.1) is 11.3 Å². The van der Waals surface area contributed by atoms with Crippen LogP contribution in [-0.2, 0) is 0 Å². The van der Waals surface area contributed by atoms with E-state index in [1.807, 2.05) is 78.9 Å². The van der Waals surface area contributed by atoms with Crippen molar-refractivity contribution in [1.82, 2.24) is 14.5 Å². The molecule has 3 aromatic carbocycles. The predicted octanol–water partition coefficient (Wildman–Crippen LogP) is 3.28. The molecule has 39 heavy (non-hydrogen) atoms. The Balaban J connectivity index is 1.68. The largest absolute Gasteiger partial charge is 0.497 e. The van der Waals surface area contributed by atoms with Crippen molar-refractivity contribution in [3.8, 4) is 17.6 Å². The number of aromatic amines is 1. The van der Waals surface area contributed by atoms with Crippen molar-refractivity contribution >= 4 is 39.8 Å². The summed E-state index contributed by atoms with van der Waals surface area (Å²) in [6.45, 7) is 0. The fourth-order valence-corrected chi connectivity index (χ4v) is 6.02. The Morgan fingerprint density at radius 1 is 1.03 bits per heavy atom. The van der Waals surface area contributed by atoms with Gasteiger partial charge < -0.3 is 20.2 Å². The van der Waals surface area contributed by atoms with E-state index in [1.165, 1.54) is 15.9 Å². The van der Waals surface area contributed by atoms with E-state index in [-0.39, 0.29) is 17.0 Å². The van der Waals surface area contributed by atoms with E-state index in [4.69, 9.17) is 20.2 Å². The van der Waals surface area contributed by atoms with Gasteiger partial charge in [-0.2, -0.15) is 5.26 Å². The van der Waals surface area contributed by atoms with Gasteiger partial charge in [0.15, 0.2) is 0 Å². The smallest absolute Gasteiger partial charge is 0.274 e. The molecular weight excluding hydrogens is 510 g/mol. The summed E-state index contributed by atoms with van der Waals surface area (Å²) >= 11 is 1.32. The maximum absolute atomic E-state index is 13.7. The molecule has 0 amide bonds. The molecule has 0 spiro atoms. The molecule has 0 saturated heterocycles. The lowest BCUT2D eigenvalue weighted by molar-refractivity contribution is 0.414. The van der Waals surface area contributed by atoms with Gasteiger partial charge in [-0.05, 0) is 53.6 Å².